The number of para-hydroxylation sites is 2. The number of aryl methyl sites for hydroxylation is 1. The van der Waals surface area contributed by atoms with Gasteiger partial charge in [-0.15, -0.1) is 0 Å². The van der Waals surface area contributed by atoms with Gasteiger partial charge in [0, 0.05) is 0 Å². The second kappa shape index (κ2) is 9.38. The molecule has 0 saturated heterocycles. The zero-order valence-electron chi connectivity index (χ0n) is 15.2. The van der Waals surface area contributed by atoms with E-state index in [-0.39, 0.29) is 5.75 Å². The molecule has 26 heavy (non-hydrogen) atoms. The molecule has 0 unspecified atom stereocenters. The fourth-order valence-electron chi connectivity index (χ4n) is 2.42. The van der Waals surface area contributed by atoms with Gasteiger partial charge in [0.15, 0.2) is 15.6 Å². The average Bonchev–Trinajstić information content (AvgIpc) is 2.58. The molecule has 0 bridgehead atoms. The number of hydrogen-bond acceptors (Lipinski definition) is 4. The molecule has 140 valence electrons. The lowest BCUT2D eigenvalue weighted by molar-refractivity contribution is -0.113. The van der Waals surface area contributed by atoms with E-state index in [4.69, 9.17) is 4.74 Å². The van der Waals surface area contributed by atoms with Gasteiger partial charge in [-0.3, -0.25) is 4.79 Å². The van der Waals surface area contributed by atoms with Crippen LogP contribution in [0.4, 0.5) is 5.69 Å². The van der Waals surface area contributed by atoms with Gasteiger partial charge in [0.25, 0.3) is 0 Å². The second-order valence-electron chi connectivity index (χ2n) is 6.26. The van der Waals surface area contributed by atoms with Crippen LogP contribution in [0.15, 0.2) is 48.5 Å². The van der Waals surface area contributed by atoms with Crippen molar-refractivity contribution < 1.29 is 17.9 Å². The van der Waals surface area contributed by atoms with Crippen LogP contribution in [0.3, 0.4) is 0 Å². The Morgan fingerprint density at radius 2 is 1.73 bits per heavy atom. The molecule has 0 radical (unpaired) electrons. The number of sulfone groups is 1. The van der Waals surface area contributed by atoms with Gasteiger partial charge in [-0.25, -0.2) is 8.42 Å². The maximum atomic E-state index is 12.2. The molecular formula is C20H25NO4S. The van der Waals surface area contributed by atoms with Crippen LogP contribution in [-0.2, 0) is 14.6 Å². The SMILES string of the molecule is CCCCCS(=O)(=O)CC(=O)Nc1ccccc1Oc1ccc(C)cc1. The Labute approximate surface area is 155 Å². The molecule has 0 aliphatic heterocycles. The minimum absolute atomic E-state index is 0.0375. The Morgan fingerprint density at radius 1 is 1.04 bits per heavy atom. The van der Waals surface area contributed by atoms with Gasteiger partial charge in [-0.1, -0.05) is 49.6 Å². The first-order valence-corrected chi connectivity index (χ1v) is 10.6. The molecule has 2 rings (SSSR count). The molecule has 0 atom stereocenters. The average molecular weight is 375 g/mol. The highest BCUT2D eigenvalue weighted by Gasteiger charge is 2.17. The molecule has 0 saturated carbocycles. The molecule has 2 aromatic rings. The number of carbonyl (C=O) groups excluding carboxylic acids is 1. The third kappa shape index (κ3) is 6.52. The summed E-state index contributed by atoms with van der Waals surface area (Å²) in [4.78, 5) is 12.2. The van der Waals surface area contributed by atoms with Crippen molar-refractivity contribution in [2.24, 2.45) is 0 Å². The standard InChI is InChI=1S/C20H25NO4S/c1-3-4-7-14-26(23,24)15-20(22)21-18-8-5-6-9-19(18)25-17-12-10-16(2)11-13-17/h5-6,8-13H,3-4,7,14-15H2,1-2H3,(H,21,22). The Balaban J connectivity index is 2.03. The van der Waals surface area contributed by atoms with Crippen LogP contribution in [0, 0.1) is 6.92 Å². The van der Waals surface area contributed by atoms with Crippen molar-refractivity contribution in [1.29, 1.82) is 0 Å². The number of nitrogens with one attached hydrogen (secondary N) is 1. The largest absolute Gasteiger partial charge is 0.455 e. The van der Waals surface area contributed by atoms with E-state index in [1.807, 2.05) is 38.1 Å². The molecule has 0 aliphatic rings. The van der Waals surface area contributed by atoms with Crippen molar-refractivity contribution in [3.63, 3.8) is 0 Å². The Morgan fingerprint density at radius 3 is 2.42 bits per heavy atom. The molecule has 5 nitrogen and oxygen atoms in total. The van der Waals surface area contributed by atoms with Crippen LogP contribution in [0.2, 0.25) is 0 Å². The number of carbonyl (C=O) groups is 1. The van der Waals surface area contributed by atoms with Crippen LogP contribution >= 0.6 is 0 Å². The fraction of sp³-hybridized carbons (Fsp3) is 0.350. The van der Waals surface area contributed by atoms with Crippen LogP contribution in [0.25, 0.3) is 0 Å². The second-order valence-corrected chi connectivity index (χ2v) is 8.44. The minimum Gasteiger partial charge on any atom is -0.455 e. The lowest BCUT2D eigenvalue weighted by Crippen LogP contribution is -2.24. The van der Waals surface area contributed by atoms with Crippen molar-refractivity contribution in [2.75, 3.05) is 16.8 Å². The molecule has 0 aromatic heterocycles. The number of rotatable bonds is 9. The maximum absolute atomic E-state index is 12.2. The molecule has 0 fully saturated rings. The van der Waals surface area contributed by atoms with E-state index >= 15 is 0 Å². The molecule has 1 amide bonds. The highest BCUT2D eigenvalue weighted by atomic mass is 32.2. The van der Waals surface area contributed by atoms with Crippen molar-refractivity contribution >= 4 is 21.4 Å². The normalized spacial score (nSPS) is 11.2. The quantitative estimate of drug-likeness (QED) is 0.662. The first-order chi connectivity index (χ1) is 12.4. The summed E-state index contributed by atoms with van der Waals surface area (Å²) in [7, 11) is -3.40. The van der Waals surface area contributed by atoms with E-state index in [1.165, 1.54) is 0 Å². The topological polar surface area (TPSA) is 72.5 Å². The van der Waals surface area contributed by atoms with Gasteiger partial charge < -0.3 is 10.1 Å². The summed E-state index contributed by atoms with van der Waals surface area (Å²) in [6, 6.07) is 14.5. The van der Waals surface area contributed by atoms with Crippen molar-refractivity contribution in [1.82, 2.24) is 0 Å². The van der Waals surface area contributed by atoms with Crippen molar-refractivity contribution in [3.8, 4) is 11.5 Å². The van der Waals surface area contributed by atoms with Gasteiger partial charge in [-0.05, 0) is 37.6 Å². The van der Waals surface area contributed by atoms with Crippen LogP contribution in [-0.4, -0.2) is 25.8 Å². The summed E-state index contributed by atoms with van der Waals surface area (Å²) in [6.07, 6.45) is 2.36. The fourth-order valence-corrected chi connectivity index (χ4v) is 3.68. The number of benzene rings is 2. The van der Waals surface area contributed by atoms with E-state index in [2.05, 4.69) is 5.32 Å². The van der Waals surface area contributed by atoms with Crippen molar-refractivity contribution in [3.05, 3.63) is 54.1 Å². The third-order valence-electron chi connectivity index (χ3n) is 3.82. The predicted octanol–water partition coefficient (Wildman–Crippen LogP) is 4.33. The highest BCUT2D eigenvalue weighted by molar-refractivity contribution is 7.92. The number of anilines is 1. The van der Waals surface area contributed by atoms with Crippen LogP contribution in [0.1, 0.15) is 31.7 Å². The summed E-state index contributed by atoms with van der Waals surface area (Å²) in [5, 5.41) is 2.65. The summed E-state index contributed by atoms with van der Waals surface area (Å²) in [6.45, 7) is 3.99. The lowest BCUT2D eigenvalue weighted by atomic mass is 10.2. The molecule has 2 aromatic carbocycles. The summed E-state index contributed by atoms with van der Waals surface area (Å²) in [5.74, 6) is 0.0739. The molecule has 1 N–H and O–H groups in total. The summed E-state index contributed by atoms with van der Waals surface area (Å²) >= 11 is 0. The Kier molecular flexibility index (Phi) is 7.21. The van der Waals surface area contributed by atoms with Crippen molar-refractivity contribution in [2.45, 2.75) is 33.1 Å². The van der Waals surface area contributed by atoms with Crippen LogP contribution < -0.4 is 10.1 Å². The van der Waals surface area contributed by atoms with E-state index in [9.17, 15) is 13.2 Å². The molecule has 0 spiro atoms. The zero-order chi connectivity index (χ0) is 19.0. The number of hydrogen-bond donors (Lipinski definition) is 1. The van der Waals surface area contributed by atoms with E-state index < -0.39 is 21.5 Å². The van der Waals surface area contributed by atoms with Gasteiger partial charge in [0.2, 0.25) is 5.91 Å². The minimum atomic E-state index is -3.40. The molecule has 0 aliphatic carbocycles. The van der Waals surface area contributed by atoms with Gasteiger partial charge >= 0.3 is 0 Å². The number of unbranched alkanes of at least 4 members (excludes halogenated alkanes) is 2. The van der Waals surface area contributed by atoms with Gasteiger partial charge in [0.1, 0.15) is 11.5 Å². The number of amides is 1. The molecule has 6 heteroatoms. The van der Waals surface area contributed by atoms with E-state index in [1.54, 1.807) is 24.3 Å². The molecular weight excluding hydrogens is 350 g/mol. The maximum Gasteiger partial charge on any atom is 0.239 e. The Hall–Kier alpha value is -2.34. The van der Waals surface area contributed by atoms with Crippen LogP contribution in [0.5, 0.6) is 11.5 Å². The van der Waals surface area contributed by atoms with E-state index in [0.717, 1.165) is 18.4 Å². The lowest BCUT2D eigenvalue weighted by Gasteiger charge is -2.12. The third-order valence-corrected chi connectivity index (χ3v) is 5.43. The Bertz CT molecular complexity index is 829. The highest BCUT2D eigenvalue weighted by Crippen LogP contribution is 2.29. The predicted molar refractivity (Wildman–Crippen MR) is 105 cm³/mol. The monoisotopic (exact) mass is 375 g/mol. The van der Waals surface area contributed by atoms with E-state index in [0.29, 0.717) is 23.6 Å². The first-order valence-electron chi connectivity index (χ1n) is 8.73. The number of ether oxygens (including phenoxy) is 1. The smallest absolute Gasteiger partial charge is 0.239 e. The van der Waals surface area contributed by atoms with Gasteiger partial charge in [-0.2, -0.15) is 0 Å². The first kappa shape index (κ1) is 20.0. The zero-order valence-corrected chi connectivity index (χ0v) is 16.0. The summed E-state index contributed by atoms with van der Waals surface area (Å²) in [5.41, 5.74) is 1.56. The molecule has 0 heterocycles. The summed E-state index contributed by atoms with van der Waals surface area (Å²) < 4.78 is 29.9. The van der Waals surface area contributed by atoms with Gasteiger partial charge in [0.05, 0.1) is 11.4 Å².